The standard InChI is InChI=1S/C14H16ClFN2O/c1-2-3-4-8-11-12(14(17)19-18-11)9-6-5-7-10(15)13(9)16/h5-7H,2-4,8,17H2,1H3. The van der Waals surface area contributed by atoms with Crippen molar-refractivity contribution in [2.24, 2.45) is 0 Å². The van der Waals surface area contributed by atoms with E-state index in [1.807, 2.05) is 0 Å². The van der Waals surface area contributed by atoms with Gasteiger partial charge < -0.3 is 10.3 Å². The van der Waals surface area contributed by atoms with Crippen molar-refractivity contribution in [2.75, 3.05) is 5.73 Å². The number of aromatic nitrogens is 1. The second-order valence-electron chi connectivity index (χ2n) is 4.43. The molecule has 0 unspecified atom stereocenters. The van der Waals surface area contributed by atoms with E-state index >= 15 is 0 Å². The third-order valence-electron chi connectivity index (χ3n) is 3.03. The van der Waals surface area contributed by atoms with Gasteiger partial charge in [0, 0.05) is 5.56 Å². The van der Waals surface area contributed by atoms with Gasteiger partial charge in [-0.25, -0.2) is 4.39 Å². The normalized spacial score (nSPS) is 10.9. The predicted octanol–water partition coefficient (Wildman–Crippen LogP) is 4.45. The molecule has 0 fully saturated rings. The number of aryl methyl sites for hydroxylation is 1. The number of nitrogens with zero attached hydrogens (tertiary/aromatic N) is 1. The van der Waals surface area contributed by atoms with Crippen LogP contribution in [0.5, 0.6) is 0 Å². The maximum atomic E-state index is 14.1. The van der Waals surface area contributed by atoms with E-state index in [-0.39, 0.29) is 10.9 Å². The molecule has 0 aliphatic carbocycles. The van der Waals surface area contributed by atoms with E-state index in [1.165, 1.54) is 6.07 Å². The average molecular weight is 283 g/mol. The molecule has 3 nitrogen and oxygen atoms in total. The van der Waals surface area contributed by atoms with Crippen LogP contribution in [0.3, 0.4) is 0 Å². The second-order valence-corrected chi connectivity index (χ2v) is 4.83. The zero-order valence-corrected chi connectivity index (χ0v) is 11.5. The van der Waals surface area contributed by atoms with Crippen molar-refractivity contribution in [3.8, 4) is 11.1 Å². The maximum absolute atomic E-state index is 14.1. The minimum Gasteiger partial charge on any atom is -0.367 e. The third-order valence-corrected chi connectivity index (χ3v) is 3.32. The van der Waals surface area contributed by atoms with Crippen LogP contribution in [0.15, 0.2) is 22.7 Å². The average Bonchev–Trinajstić information content (AvgIpc) is 2.75. The Bertz CT molecular complexity index is 569. The van der Waals surface area contributed by atoms with Crippen molar-refractivity contribution in [3.05, 3.63) is 34.7 Å². The van der Waals surface area contributed by atoms with Gasteiger partial charge in [0.15, 0.2) is 0 Å². The summed E-state index contributed by atoms with van der Waals surface area (Å²) in [6.45, 7) is 2.12. The van der Waals surface area contributed by atoms with Gasteiger partial charge in [-0.3, -0.25) is 0 Å². The molecule has 0 saturated carbocycles. The van der Waals surface area contributed by atoms with E-state index in [0.717, 1.165) is 25.7 Å². The molecular formula is C14H16ClFN2O. The molecule has 2 N–H and O–H groups in total. The van der Waals surface area contributed by atoms with E-state index in [1.54, 1.807) is 12.1 Å². The summed E-state index contributed by atoms with van der Waals surface area (Å²) in [5.74, 6) is -0.358. The van der Waals surface area contributed by atoms with Crippen LogP contribution in [0.1, 0.15) is 31.9 Å². The Kier molecular flexibility index (Phi) is 4.43. The summed E-state index contributed by atoms with van der Waals surface area (Å²) in [6.07, 6.45) is 3.88. The van der Waals surface area contributed by atoms with Gasteiger partial charge in [0.25, 0.3) is 0 Å². The van der Waals surface area contributed by atoms with E-state index < -0.39 is 5.82 Å². The first kappa shape index (κ1) is 13.9. The van der Waals surface area contributed by atoms with Crippen LogP contribution in [0.4, 0.5) is 10.3 Å². The molecule has 1 aromatic carbocycles. The van der Waals surface area contributed by atoms with Gasteiger partial charge in [0.1, 0.15) is 5.82 Å². The number of unbranched alkanes of at least 4 members (excludes halogenated alkanes) is 2. The fraction of sp³-hybridized carbons (Fsp3) is 0.357. The molecule has 0 bridgehead atoms. The lowest BCUT2D eigenvalue weighted by atomic mass is 10.0. The molecule has 0 amide bonds. The van der Waals surface area contributed by atoms with Gasteiger partial charge in [0.2, 0.25) is 5.88 Å². The molecule has 0 spiro atoms. The number of nitrogen functional groups attached to an aromatic ring is 1. The lowest BCUT2D eigenvalue weighted by Crippen LogP contribution is -1.94. The fourth-order valence-corrected chi connectivity index (χ4v) is 2.21. The molecule has 0 aliphatic rings. The van der Waals surface area contributed by atoms with Gasteiger partial charge in [-0.1, -0.05) is 48.7 Å². The van der Waals surface area contributed by atoms with Crippen LogP contribution in [-0.4, -0.2) is 5.16 Å². The van der Waals surface area contributed by atoms with E-state index in [0.29, 0.717) is 16.8 Å². The van der Waals surface area contributed by atoms with Crippen LogP contribution >= 0.6 is 11.6 Å². The smallest absolute Gasteiger partial charge is 0.230 e. The highest BCUT2D eigenvalue weighted by Crippen LogP contribution is 2.34. The molecule has 1 heterocycles. The van der Waals surface area contributed by atoms with Crippen molar-refractivity contribution >= 4 is 17.5 Å². The first-order valence-electron chi connectivity index (χ1n) is 6.33. The highest BCUT2D eigenvalue weighted by atomic mass is 35.5. The van der Waals surface area contributed by atoms with Gasteiger partial charge in [-0.15, -0.1) is 0 Å². The lowest BCUT2D eigenvalue weighted by molar-refractivity contribution is 0.426. The number of halogens is 2. The number of rotatable bonds is 5. The SMILES string of the molecule is CCCCCc1noc(N)c1-c1cccc(Cl)c1F. The van der Waals surface area contributed by atoms with Crippen molar-refractivity contribution in [1.82, 2.24) is 5.16 Å². The third kappa shape index (κ3) is 2.89. The maximum Gasteiger partial charge on any atom is 0.230 e. The zero-order valence-electron chi connectivity index (χ0n) is 10.7. The number of anilines is 1. The van der Waals surface area contributed by atoms with Gasteiger partial charge >= 0.3 is 0 Å². The molecule has 1 aromatic heterocycles. The van der Waals surface area contributed by atoms with Gasteiger partial charge in [-0.05, 0) is 18.9 Å². The minimum absolute atomic E-state index is 0.0672. The Morgan fingerprint density at radius 1 is 1.37 bits per heavy atom. The molecular weight excluding hydrogens is 267 g/mol. The van der Waals surface area contributed by atoms with Crippen LogP contribution in [0.25, 0.3) is 11.1 Å². The van der Waals surface area contributed by atoms with Crippen molar-refractivity contribution in [1.29, 1.82) is 0 Å². The van der Waals surface area contributed by atoms with Crippen LogP contribution < -0.4 is 5.73 Å². The number of nitrogens with two attached hydrogens (primary N) is 1. The summed E-state index contributed by atoms with van der Waals surface area (Å²) in [4.78, 5) is 0. The highest BCUT2D eigenvalue weighted by Gasteiger charge is 2.19. The Balaban J connectivity index is 2.38. The Morgan fingerprint density at radius 3 is 2.89 bits per heavy atom. The second kappa shape index (κ2) is 6.06. The number of hydrogen-bond donors (Lipinski definition) is 1. The van der Waals surface area contributed by atoms with Crippen molar-refractivity contribution in [2.45, 2.75) is 32.6 Å². The molecule has 0 saturated heterocycles. The fourth-order valence-electron chi connectivity index (χ4n) is 2.04. The number of benzene rings is 1. The predicted molar refractivity (Wildman–Crippen MR) is 74.5 cm³/mol. The molecule has 0 aliphatic heterocycles. The molecule has 19 heavy (non-hydrogen) atoms. The summed E-state index contributed by atoms with van der Waals surface area (Å²) in [6, 6.07) is 4.82. The number of hydrogen-bond acceptors (Lipinski definition) is 3. The topological polar surface area (TPSA) is 52.0 Å². The largest absolute Gasteiger partial charge is 0.367 e. The van der Waals surface area contributed by atoms with Crippen LogP contribution in [0, 0.1) is 5.82 Å². The van der Waals surface area contributed by atoms with Crippen LogP contribution in [0.2, 0.25) is 5.02 Å². The Morgan fingerprint density at radius 2 is 2.16 bits per heavy atom. The molecule has 2 aromatic rings. The lowest BCUT2D eigenvalue weighted by Gasteiger charge is -2.05. The molecule has 0 atom stereocenters. The molecule has 102 valence electrons. The summed E-state index contributed by atoms with van der Waals surface area (Å²) in [5.41, 5.74) is 7.31. The van der Waals surface area contributed by atoms with Crippen molar-refractivity contribution in [3.63, 3.8) is 0 Å². The van der Waals surface area contributed by atoms with Crippen molar-refractivity contribution < 1.29 is 8.91 Å². The van der Waals surface area contributed by atoms with E-state index in [4.69, 9.17) is 21.9 Å². The summed E-state index contributed by atoms with van der Waals surface area (Å²) in [5, 5.41) is 3.99. The molecule has 0 radical (unpaired) electrons. The summed E-state index contributed by atoms with van der Waals surface area (Å²) in [7, 11) is 0. The van der Waals surface area contributed by atoms with Gasteiger partial charge in [0.05, 0.1) is 16.3 Å². The Hall–Kier alpha value is -1.55. The first-order chi connectivity index (χ1) is 9.15. The summed E-state index contributed by atoms with van der Waals surface area (Å²) >= 11 is 5.80. The highest BCUT2D eigenvalue weighted by molar-refractivity contribution is 6.31. The first-order valence-corrected chi connectivity index (χ1v) is 6.71. The quantitative estimate of drug-likeness (QED) is 0.824. The monoisotopic (exact) mass is 282 g/mol. The van der Waals surface area contributed by atoms with Gasteiger partial charge in [-0.2, -0.15) is 0 Å². The molecule has 5 heteroatoms. The summed E-state index contributed by atoms with van der Waals surface area (Å²) < 4.78 is 19.0. The molecule has 2 rings (SSSR count). The minimum atomic E-state index is -0.490. The van der Waals surface area contributed by atoms with Crippen LogP contribution in [-0.2, 0) is 6.42 Å². The Labute approximate surface area is 116 Å². The zero-order chi connectivity index (χ0) is 13.8. The van der Waals surface area contributed by atoms with E-state index in [9.17, 15) is 4.39 Å². The van der Waals surface area contributed by atoms with E-state index in [2.05, 4.69) is 12.1 Å².